The summed E-state index contributed by atoms with van der Waals surface area (Å²) in [6.07, 6.45) is 4.17. The van der Waals surface area contributed by atoms with Crippen molar-refractivity contribution in [2.24, 2.45) is 11.8 Å². The number of Topliss-reactive ketones (excluding diaryl/α,β-unsaturated/α-hetero) is 3. The van der Waals surface area contributed by atoms with Crippen molar-refractivity contribution in [3.63, 3.8) is 0 Å². The van der Waals surface area contributed by atoms with Crippen LogP contribution in [0.5, 0.6) is 0 Å². The smallest absolute Gasteiger partial charge is 0.178 e. The third-order valence-electron chi connectivity index (χ3n) is 5.15. The van der Waals surface area contributed by atoms with E-state index in [-0.39, 0.29) is 5.57 Å². The molecule has 0 amide bonds. The largest absolute Gasteiger partial charge is 0.297 e. The van der Waals surface area contributed by atoms with Crippen molar-refractivity contribution in [1.82, 2.24) is 0 Å². The van der Waals surface area contributed by atoms with E-state index >= 15 is 0 Å². The molecule has 3 unspecified atom stereocenters. The van der Waals surface area contributed by atoms with Gasteiger partial charge in [0.25, 0.3) is 0 Å². The Morgan fingerprint density at radius 1 is 0.893 bits per heavy atom. The van der Waals surface area contributed by atoms with Crippen LogP contribution in [0, 0.1) is 11.8 Å². The van der Waals surface area contributed by atoms with Gasteiger partial charge in [-0.1, -0.05) is 66.2 Å². The highest BCUT2D eigenvalue weighted by Gasteiger charge is 2.53. The minimum Gasteiger partial charge on any atom is -0.297 e. The molecule has 2 aromatic carbocycles. The molecule has 0 N–H and O–H groups in total. The Labute approximate surface area is 166 Å². The number of rotatable bonds is 4. The number of ketones is 4. The summed E-state index contributed by atoms with van der Waals surface area (Å²) in [5, 5.41) is 0.517. The standard InChI is InChI=1S/C23H15ClO4/c24-15-11-9-14(10-12-15)18(13-5-2-1-3-6-13)22(27)20-21(26)16-7-4-8-17(25)19(16)23(20)28/h1-12,18-20H. The van der Waals surface area contributed by atoms with Gasteiger partial charge < -0.3 is 0 Å². The molecule has 4 nitrogen and oxygen atoms in total. The van der Waals surface area contributed by atoms with Gasteiger partial charge in [-0.3, -0.25) is 19.2 Å². The van der Waals surface area contributed by atoms with Gasteiger partial charge in [-0.25, -0.2) is 0 Å². The van der Waals surface area contributed by atoms with E-state index in [0.29, 0.717) is 16.1 Å². The predicted molar refractivity (Wildman–Crippen MR) is 104 cm³/mol. The Bertz CT molecular complexity index is 1050. The lowest BCUT2D eigenvalue weighted by Crippen LogP contribution is -2.32. The van der Waals surface area contributed by atoms with Crippen LogP contribution >= 0.6 is 11.6 Å². The molecular formula is C23H15ClO4. The number of carbonyl (C=O) groups is 4. The van der Waals surface area contributed by atoms with Gasteiger partial charge in [0.15, 0.2) is 23.1 Å². The summed E-state index contributed by atoms with van der Waals surface area (Å²) in [6, 6.07) is 15.7. The highest BCUT2D eigenvalue weighted by atomic mass is 35.5. The van der Waals surface area contributed by atoms with E-state index in [1.807, 2.05) is 6.07 Å². The van der Waals surface area contributed by atoms with Gasteiger partial charge in [-0.2, -0.15) is 0 Å². The quantitative estimate of drug-likeness (QED) is 0.749. The zero-order chi connectivity index (χ0) is 19.8. The Kier molecular flexibility index (Phi) is 4.65. The van der Waals surface area contributed by atoms with Gasteiger partial charge in [0.2, 0.25) is 0 Å². The second-order valence-corrected chi connectivity index (χ2v) is 7.25. The van der Waals surface area contributed by atoms with Crippen LogP contribution in [0.15, 0.2) is 78.4 Å². The highest BCUT2D eigenvalue weighted by Crippen LogP contribution is 2.38. The SMILES string of the molecule is O=C1C=CC=C2C(=O)C(C(=O)C(c3ccccc3)c3ccc(Cl)cc3)C(=O)C12. The van der Waals surface area contributed by atoms with Crippen molar-refractivity contribution >= 4 is 34.7 Å². The number of halogens is 1. The van der Waals surface area contributed by atoms with Crippen molar-refractivity contribution in [3.05, 3.63) is 94.5 Å². The molecule has 0 radical (unpaired) electrons. The van der Waals surface area contributed by atoms with Crippen molar-refractivity contribution in [2.45, 2.75) is 5.92 Å². The van der Waals surface area contributed by atoms with Gasteiger partial charge in [0.1, 0.15) is 11.8 Å². The Morgan fingerprint density at radius 3 is 2.18 bits per heavy atom. The normalized spacial score (nSPS) is 22.0. The van der Waals surface area contributed by atoms with E-state index in [1.165, 1.54) is 18.2 Å². The first-order chi connectivity index (χ1) is 13.5. The fourth-order valence-corrected chi connectivity index (χ4v) is 3.96. The molecule has 138 valence electrons. The summed E-state index contributed by atoms with van der Waals surface area (Å²) in [5.74, 6) is -5.62. The summed E-state index contributed by atoms with van der Waals surface area (Å²) >= 11 is 5.97. The summed E-state index contributed by atoms with van der Waals surface area (Å²) < 4.78 is 0. The molecule has 0 bridgehead atoms. The van der Waals surface area contributed by atoms with Crippen LogP contribution in [0.1, 0.15) is 17.0 Å². The van der Waals surface area contributed by atoms with Gasteiger partial charge >= 0.3 is 0 Å². The van der Waals surface area contributed by atoms with Crippen LogP contribution in [0.3, 0.4) is 0 Å². The molecule has 2 aromatic rings. The monoisotopic (exact) mass is 390 g/mol. The van der Waals surface area contributed by atoms with Crippen LogP contribution in [0.2, 0.25) is 5.02 Å². The van der Waals surface area contributed by atoms with E-state index in [0.717, 1.165) is 0 Å². The van der Waals surface area contributed by atoms with Crippen molar-refractivity contribution < 1.29 is 19.2 Å². The summed E-state index contributed by atoms with van der Waals surface area (Å²) in [4.78, 5) is 51.3. The van der Waals surface area contributed by atoms with Gasteiger partial charge in [0.05, 0.1) is 5.92 Å². The van der Waals surface area contributed by atoms with Gasteiger partial charge in [-0.15, -0.1) is 0 Å². The zero-order valence-corrected chi connectivity index (χ0v) is 15.4. The Hall–Kier alpha value is -3.11. The molecule has 1 fully saturated rings. The van der Waals surface area contributed by atoms with E-state index in [1.54, 1.807) is 48.5 Å². The number of hydrogen-bond acceptors (Lipinski definition) is 4. The van der Waals surface area contributed by atoms with Crippen molar-refractivity contribution in [3.8, 4) is 0 Å². The number of fused-ring (bicyclic) bond motifs is 1. The first kappa shape index (κ1) is 18.3. The molecule has 2 aliphatic carbocycles. The average molecular weight is 391 g/mol. The molecular weight excluding hydrogens is 376 g/mol. The van der Waals surface area contributed by atoms with Crippen LogP contribution in [0.25, 0.3) is 0 Å². The lowest BCUT2D eigenvalue weighted by atomic mass is 9.80. The summed E-state index contributed by atoms with van der Waals surface area (Å²) in [5.41, 5.74) is 1.41. The minimum absolute atomic E-state index is 0.110. The number of carbonyl (C=O) groups excluding carboxylic acids is 4. The second kappa shape index (κ2) is 7.13. The average Bonchev–Trinajstić information content (AvgIpc) is 2.96. The molecule has 28 heavy (non-hydrogen) atoms. The summed E-state index contributed by atoms with van der Waals surface area (Å²) in [7, 11) is 0. The van der Waals surface area contributed by atoms with Crippen LogP contribution < -0.4 is 0 Å². The van der Waals surface area contributed by atoms with Crippen LogP contribution in [-0.2, 0) is 19.2 Å². The zero-order valence-electron chi connectivity index (χ0n) is 14.7. The maximum Gasteiger partial charge on any atom is 0.178 e. The fourth-order valence-electron chi connectivity index (χ4n) is 3.83. The van der Waals surface area contributed by atoms with E-state index < -0.39 is 40.9 Å². The van der Waals surface area contributed by atoms with Gasteiger partial charge in [-0.05, 0) is 29.3 Å². The Balaban J connectivity index is 1.78. The molecule has 0 aromatic heterocycles. The molecule has 3 atom stereocenters. The molecule has 0 heterocycles. The molecule has 0 saturated heterocycles. The molecule has 0 spiro atoms. The second-order valence-electron chi connectivity index (χ2n) is 6.81. The topological polar surface area (TPSA) is 68.3 Å². The minimum atomic E-state index is -1.47. The van der Waals surface area contributed by atoms with Crippen molar-refractivity contribution in [2.75, 3.05) is 0 Å². The van der Waals surface area contributed by atoms with Crippen LogP contribution in [0.4, 0.5) is 0 Å². The molecule has 2 aliphatic rings. The maximum absolute atomic E-state index is 13.5. The lowest BCUT2D eigenvalue weighted by molar-refractivity contribution is -0.137. The number of hydrogen-bond donors (Lipinski definition) is 0. The Morgan fingerprint density at radius 2 is 1.54 bits per heavy atom. The maximum atomic E-state index is 13.5. The van der Waals surface area contributed by atoms with E-state index in [9.17, 15) is 19.2 Å². The first-order valence-corrected chi connectivity index (χ1v) is 9.21. The summed E-state index contributed by atoms with van der Waals surface area (Å²) in [6.45, 7) is 0. The lowest BCUT2D eigenvalue weighted by Gasteiger charge is -2.19. The third kappa shape index (κ3) is 2.96. The van der Waals surface area contributed by atoms with Crippen LogP contribution in [-0.4, -0.2) is 23.1 Å². The number of allylic oxidation sites excluding steroid dienone is 4. The number of benzene rings is 2. The fraction of sp³-hybridized carbons (Fsp3) is 0.130. The molecule has 5 heteroatoms. The molecule has 4 rings (SSSR count). The highest BCUT2D eigenvalue weighted by molar-refractivity contribution is 6.38. The molecule has 1 saturated carbocycles. The predicted octanol–water partition coefficient (Wildman–Crippen LogP) is 3.49. The first-order valence-electron chi connectivity index (χ1n) is 8.83. The van der Waals surface area contributed by atoms with Crippen molar-refractivity contribution in [1.29, 1.82) is 0 Å². The third-order valence-corrected chi connectivity index (χ3v) is 5.40. The van der Waals surface area contributed by atoms with E-state index in [2.05, 4.69) is 0 Å². The van der Waals surface area contributed by atoms with E-state index in [4.69, 9.17) is 11.6 Å². The molecule has 0 aliphatic heterocycles. The van der Waals surface area contributed by atoms with Gasteiger partial charge in [0, 0.05) is 10.6 Å².